The number of anilines is 1. The smallest absolute Gasteiger partial charge is 0.231 e. The molecule has 1 aliphatic heterocycles. The Kier molecular flexibility index (Phi) is 4.25. The summed E-state index contributed by atoms with van der Waals surface area (Å²) < 4.78 is 10.8. The minimum atomic E-state index is -0.0753. The van der Waals surface area contributed by atoms with Crippen LogP contribution in [0.4, 0.5) is 5.69 Å². The van der Waals surface area contributed by atoms with Gasteiger partial charge in [0.2, 0.25) is 6.79 Å². The fourth-order valence-corrected chi connectivity index (χ4v) is 4.00. The van der Waals surface area contributed by atoms with Crippen LogP contribution in [0.3, 0.4) is 0 Å². The van der Waals surface area contributed by atoms with Crippen LogP contribution < -0.4 is 20.1 Å². The third-order valence-corrected chi connectivity index (χ3v) is 5.25. The first kappa shape index (κ1) is 16.2. The molecule has 2 N–H and O–H groups in total. The Hall–Kier alpha value is -2.27. The first-order valence-electron chi connectivity index (χ1n) is 8.71. The Balaban J connectivity index is 1.50. The van der Waals surface area contributed by atoms with E-state index < -0.39 is 0 Å². The van der Waals surface area contributed by atoms with Crippen molar-refractivity contribution in [3.63, 3.8) is 0 Å². The van der Waals surface area contributed by atoms with Crippen molar-refractivity contribution in [3.8, 4) is 11.5 Å². The van der Waals surface area contributed by atoms with Crippen molar-refractivity contribution in [1.29, 1.82) is 0 Å². The summed E-state index contributed by atoms with van der Waals surface area (Å²) in [6.45, 7) is 2.39. The van der Waals surface area contributed by atoms with Crippen molar-refractivity contribution >= 4 is 23.0 Å². The molecule has 1 fully saturated rings. The lowest BCUT2D eigenvalue weighted by atomic mass is 9.88. The average Bonchev–Trinajstić information content (AvgIpc) is 3.25. The van der Waals surface area contributed by atoms with E-state index in [4.69, 9.17) is 21.7 Å². The van der Waals surface area contributed by atoms with E-state index in [1.54, 1.807) is 0 Å². The van der Waals surface area contributed by atoms with Gasteiger partial charge in [-0.3, -0.25) is 0 Å². The van der Waals surface area contributed by atoms with E-state index in [1.807, 2.05) is 18.2 Å². The van der Waals surface area contributed by atoms with Crippen molar-refractivity contribution in [2.75, 3.05) is 12.1 Å². The molecule has 0 unspecified atom stereocenters. The lowest BCUT2D eigenvalue weighted by Gasteiger charge is -2.32. The lowest BCUT2D eigenvalue weighted by molar-refractivity contribution is 0.174. The van der Waals surface area contributed by atoms with Gasteiger partial charge in [0.25, 0.3) is 0 Å². The molecular weight excluding hydrogens is 332 g/mol. The number of rotatable bonds is 3. The van der Waals surface area contributed by atoms with Gasteiger partial charge in [-0.2, -0.15) is 0 Å². The van der Waals surface area contributed by atoms with Crippen LogP contribution in [0.5, 0.6) is 11.5 Å². The van der Waals surface area contributed by atoms with Crippen LogP contribution in [-0.4, -0.2) is 11.9 Å². The molecule has 4 rings (SSSR count). The van der Waals surface area contributed by atoms with Gasteiger partial charge < -0.3 is 20.1 Å². The molecule has 0 radical (unpaired) electrons. The summed E-state index contributed by atoms with van der Waals surface area (Å²) in [6, 6.07) is 14.6. The van der Waals surface area contributed by atoms with Gasteiger partial charge in [0.15, 0.2) is 16.6 Å². The van der Waals surface area contributed by atoms with E-state index in [9.17, 15) is 0 Å². The fraction of sp³-hybridized carbons (Fsp3) is 0.350. The molecule has 1 saturated carbocycles. The molecule has 25 heavy (non-hydrogen) atoms. The van der Waals surface area contributed by atoms with Gasteiger partial charge in [0, 0.05) is 11.8 Å². The van der Waals surface area contributed by atoms with Crippen molar-refractivity contribution in [1.82, 2.24) is 5.32 Å². The number of aryl methyl sites for hydroxylation is 1. The molecule has 5 heteroatoms. The summed E-state index contributed by atoms with van der Waals surface area (Å²) in [5.74, 6) is 1.53. The second-order valence-corrected chi connectivity index (χ2v) is 7.21. The van der Waals surface area contributed by atoms with Crippen LogP contribution in [0.15, 0.2) is 42.5 Å². The standard InChI is InChI=1S/C20H22N2O2S/c1-14-4-6-15(7-5-14)20(10-2-3-11-20)22-19(25)21-16-8-9-17-18(12-16)24-13-23-17/h4-9,12H,2-3,10-11,13H2,1H3,(H2,21,22,25). The highest BCUT2D eigenvalue weighted by molar-refractivity contribution is 7.80. The summed E-state index contributed by atoms with van der Waals surface area (Å²) in [7, 11) is 0. The van der Waals surface area contributed by atoms with Crippen molar-refractivity contribution in [2.24, 2.45) is 0 Å². The lowest BCUT2D eigenvalue weighted by Crippen LogP contribution is -2.45. The maximum Gasteiger partial charge on any atom is 0.231 e. The Labute approximate surface area is 153 Å². The number of hydrogen-bond donors (Lipinski definition) is 2. The Morgan fingerprint density at radius 3 is 2.48 bits per heavy atom. The van der Waals surface area contributed by atoms with E-state index in [1.165, 1.54) is 24.0 Å². The van der Waals surface area contributed by atoms with Gasteiger partial charge in [0.05, 0.1) is 5.54 Å². The molecule has 2 aliphatic rings. The summed E-state index contributed by atoms with van der Waals surface area (Å²) in [5, 5.41) is 7.52. The molecule has 0 amide bonds. The second kappa shape index (κ2) is 6.56. The quantitative estimate of drug-likeness (QED) is 0.796. The van der Waals surface area contributed by atoms with Gasteiger partial charge >= 0.3 is 0 Å². The van der Waals surface area contributed by atoms with E-state index in [0.29, 0.717) is 5.11 Å². The normalized spacial score (nSPS) is 17.3. The maximum atomic E-state index is 5.60. The molecule has 130 valence electrons. The number of nitrogens with one attached hydrogen (secondary N) is 2. The van der Waals surface area contributed by atoms with Crippen LogP contribution >= 0.6 is 12.2 Å². The summed E-state index contributed by atoms with van der Waals surface area (Å²) >= 11 is 5.60. The van der Waals surface area contributed by atoms with Gasteiger partial charge in [-0.15, -0.1) is 0 Å². The summed E-state index contributed by atoms with van der Waals surface area (Å²) in [5.41, 5.74) is 3.41. The van der Waals surface area contributed by atoms with Crippen LogP contribution in [0.2, 0.25) is 0 Å². The van der Waals surface area contributed by atoms with Crippen molar-refractivity contribution in [2.45, 2.75) is 38.1 Å². The third kappa shape index (κ3) is 3.29. The van der Waals surface area contributed by atoms with Gasteiger partial charge in [-0.1, -0.05) is 42.7 Å². The molecule has 0 aromatic heterocycles. The highest BCUT2D eigenvalue weighted by atomic mass is 32.1. The van der Waals surface area contributed by atoms with Crippen LogP contribution in [0.25, 0.3) is 0 Å². The van der Waals surface area contributed by atoms with Gasteiger partial charge in [-0.25, -0.2) is 0 Å². The molecule has 0 spiro atoms. The van der Waals surface area contributed by atoms with E-state index in [2.05, 4.69) is 41.8 Å². The highest BCUT2D eigenvalue weighted by Gasteiger charge is 2.36. The minimum Gasteiger partial charge on any atom is -0.454 e. The Morgan fingerprint density at radius 2 is 1.72 bits per heavy atom. The van der Waals surface area contributed by atoms with E-state index in [0.717, 1.165) is 30.0 Å². The molecule has 2 aromatic rings. The maximum absolute atomic E-state index is 5.60. The minimum absolute atomic E-state index is 0.0753. The zero-order valence-electron chi connectivity index (χ0n) is 14.3. The Bertz CT molecular complexity index is 783. The molecule has 0 bridgehead atoms. The van der Waals surface area contributed by atoms with Crippen molar-refractivity contribution in [3.05, 3.63) is 53.6 Å². The van der Waals surface area contributed by atoms with Gasteiger partial charge in [-0.05, 0) is 49.7 Å². The monoisotopic (exact) mass is 354 g/mol. The molecular formula is C20H22N2O2S. The highest BCUT2D eigenvalue weighted by Crippen LogP contribution is 2.39. The molecule has 0 saturated heterocycles. The van der Waals surface area contributed by atoms with Gasteiger partial charge in [0.1, 0.15) is 0 Å². The second-order valence-electron chi connectivity index (χ2n) is 6.80. The van der Waals surface area contributed by atoms with Crippen LogP contribution in [0, 0.1) is 6.92 Å². The molecule has 0 atom stereocenters. The van der Waals surface area contributed by atoms with Crippen LogP contribution in [0.1, 0.15) is 36.8 Å². The number of benzene rings is 2. The average molecular weight is 354 g/mol. The number of ether oxygens (including phenoxy) is 2. The van der Waals surface area contributed by atoms with Crippen molar-refractivity contribution < 1.29 is 9.47 Å². The molecule has 1 heterocycles. The Morgan fingerprint density at radius 1 is 1.00 bits per heavy atom. The topological polar surface area (TPSA) is 42.5 Å². The molecule has 2 aromatic carbocycles. The number of hydrogen-bond acceptors (Lipinski definition) is 3. The fourth-order valence-electron chi connectivity index (χ4n) is 3.69. The predicted octanol–water partition coefficient (Wildman–Crippen LogP) is 4.48. The summed E-state index contributed by atoms with van der Waals surface area (Å²) in [6.07, 6.45) is 4.62. The zero-order chi connectivity index (χ0) is 17.3. The SMILES string of the molecule is Cc1ccc(C2(NC(=S)Nc3ccc4c(c3)OCO4)CCCC2)cc1. The first-order chi connectivity index (χ1) is 12.1. The third-order valence-electron chi connectivity index (χ3n) is 5.04. The number of fused-ring (bicyclic) bond motifs is 1. The molecule has 4 nitrogen and oxygen atoms in total. The van der Waals surface area contributed by atoms with Crippen LogP contribution in [-0.2, 0) is 5.54 Å². The zero-order valence-corrected chi connectivity index (χ0v) is 15.1. The van der Waals surface area contributed by atoms with E-state index in [-0.39, 0.29) is 12.3 Å². The first-order valence-corrected chi connectivity index (χ1v) is 9.11. The predicted molar refractivity (Wildman–Crippen MR) is 103 cm³/mol. The van der Waals surface area contributed by atoms with E-state index >= 15 is 0 Å². The largest absolute Gasteiger partial charge is 0.454 e. The summed E-state index contributed by atoms with van der Waals surface area (Å²) in [4.78, 5) is 0. The molecule has 1 aliphatic carbocycles. The number of thiocarbonyl (C=S) groups is 1.